The summed E-state index contributed by atoms with van der Waals surface area (Å²) in [5.41, 5.74) is 7.02. The molecular formula is C41H67N8O12P. The number of aliphatic hydroxyl groups excluding tert-OH is 1. The number of nitrogens with zero attached hydrogens (tertiary/aromatic N) is 2. The molecule has 0 radical (unpaired) electrons. The van der Waals surface area contributed by atoms with E-state index in [-0.39, 0.29) is 50.3 Å². The first-order valence-corrected chi connectivity index (χ1v) is 22.6. The highest BCUT2D eigenvalue weighted by atomic mass is 31.2. The van der Waals surface area contributed by atoms with Crippen molar-refractivity contribution in [3.8, 4) is 0 Å². The molecule has 0 aliphatic rings. The molecule has 2 rings (SSSR count). The van der Waals surface area contributed by atoms with E-state index in [9.17, 15) is 38.4 Å². The molecule has 0 fully saturated rings. The number of aromatic nitrogens is 2. The first-order chi connectivity index (χ1) is 29.3. The van der Waals surface area contributed by atoms with Crippen molar-refractivity contribution in [2.75, 3.05) is 26.3 Å². The first-order valence-electron chi connectivity index (χ1n) is 21.0. The lowest BCUT2D eigenvalue weighted by atomic mass is 10.0. The molecule has 0 saturated carbocycles. The van der Waals surface area contributed by atoms with Gasteiger partial charge >= 0.3 is 7.82 Å². The van der Waals surface area contributed by atoms with E-state index in [1.165, 1.54) is 23.0 Å². The minimum atomic E-state index is -5.10. The van der Waals surface area contributed by atoms with Crippen molar-refractivity contribution in [2.24, 2.45) is 11.7 Å². The number of imidazole rings is 1. The van der Waals surface area contributed by atoms with Crippen LogP contribution in [-0.2, 0) is 55.4 Å². The molecule has 1 heterocycles. The van der Waals surface area contributed by atoms with Gasteiger partial charge in [-0.05, 0) is 57.9 Å². The van der Waals surface area contributed by atoms with E-state index in [1.807, 2.05) is 45.9 Å². The van der Waals surface area contributed by atoms with E-state index < -0.39 is 74.2 Å². The molecule has 0 aliphatic carbocycles. The van der Waals surface area contributed by atoms with Crippen LogP contribution in [0.25, 0.3) is 0 Å². The fraction of sp³-hybridized carbons (Fsp3) is 0.634. The van der Waals surface area contributed by atoms with Crippen molar-refractivity contribution in [3.63, 3.8) is 0 Å². The Morgan fingerprint density at radius 3 is 2.03 bits per heavy atom. The van der Waals surface area contributed by atoms with Gasteiger partial charge in [0.25, 0.3) is 0 Å². The van der Waals surface area contributed by atoms with Crippen molar-refractivity contribution >= 4 is 43.3 Å². The lowest BCUT2D eigenvalue weighted by Crippen LogP contribution is -2.60. The number of hydrogen-bond acceptors (Lipinski definition) is 11. The number of primary amides is 1. The molecule has 5 atom stereocenters. The maximum Gasteiger partial charge on any atom is 0.469 e. The number of carbonyl (C=O) groups is 6. The fourth-order valence-corrected chi connectivity index (χ4v) is 7.00. The molecule has 20 nitrogen and oxygen atoms in total. The zero-order valence-electron chi connectivity index (χ0n) is 36.4. The lowest BCUT2D eigenvalue weighted by Gasteiger charge is -2.28. The zero-order chi connectivity index (χ0) is 46.2. The van der Waals surface area contributed by atoms with Crippen LogP contribution in [0.3, 0.4) is 0 Å². The molecule has 348 valence electrons. The van der Waals surface area contributed by atoms with Crippen LogP contribution in [0.1, 0.15) is 97.2 Å². The Morgan fingerprint density at radius 1 is 0.839 bits per heavy atom. The number of unbranched alkanes of at least 4 members (excludes halogenated alkanes) is 5. The van der Waals surface area contributed by atoms with Crippen molar-refractivity contribution in [1.82, 2.24) is 36.1 Å². The highest BCUT2D eigenvalue weighted by Crippen LogP contribution is 2.38. The highest BCUT2D eigenvalue weighted by molar-refractivity contribution is 7.46. The van der Waals surface area contributed by atoms with Crippen molar-refractivity contribution in [2.45, 2.75) is 135 Å². The van der Waals surface area contributed by atoms with Crippen molar-refractivity contribution in [1.29, 1.82) is 0 Å². The van der Waals surface area contributed by atoms with Crippen LogP contribution in [0.15, 0.2) is 42.9 Å². The Labute approximate surface area is 363 Å². The predicted octanol–water partition coefficient (Wildman–Crippen LogP) is 1.14. The number of benzene rings is 1. The van der Waals surface area contributed by atoms with Gasteiger partial charge in [-0.2, -0.15) is 0 Å². The van der Waals surface area contributed by atoms with Crippen molar-refractivity contribution < 1.29 is 57.5 Å². The summed E-state index contributed by atoms with van der Waals surface area (Å²) in [4.78, 5) is 106. The van der Waals surface area contributed by atoms with Crippen LogP contribution in [0.2, 0.25) is 0 Å². The number of H-pyrrole nitrogens is 1. The molecule has 0 unspecified atom stereocenters. The second kappa shape index (κ2) is 28.1. The molecule has 0 saturated heterocycles. The predicted molar refractivity (Wildman–Crippen MR) is 228 cm³/mol. The standard InChI is InChI=1S/C41H67N8O12P/c1-27(2)21-32(45-35(51)24-49(36(52)18-20-60-28(3)4)19-14-9-7-6-8-11-15-30-16-12-10-13-17-30)39(54)46-33(22-31-23-43-26-44-31)40(55)47-34(25-50)41(56)48-37(38(42)53)29(5)61-62(57,58)59/h10,12-13,16-17,23,26-29,32-34,37,50H,6-9,11,14-15,18-22,24-25H2,1-5H3,(H2,42,53)(H,43,44)(H,45,51)(H,46,54)(H,47,55)(H,48,56)(H2,57,58,59)/t29-,32+,33+,34+,37+/m1/s1. The summed E-state index contributed by atoms with van der Waals surface area (Å²) in [5.74, 6) is -5.04. The van der Waals surface area contributed by atoms with Gasteiger partial charge in [0.15, 0.2) is 0 Å². The second-order valence-corrected chi connectivity index (χ2v) is 17.1. The number of nitrogens with two attached hydrogens (primary N) is 1. The zero-order valence-corrected chi connectivity index (χ0v) is 37.3. The van der Waals surface area contributed by atoms with Gasteiger partial charge in [0.2, 0.25) is 35.4 Å². The topological polar surface area (TPSA) is 305 Å². The van der Waals surface area contributed by atoms with E-state index in [4.69, 9.17) is 20.3 Å². The number of amides is 6. The molecule has 0 spiro atoms. The summed E-state index contributed by atoms with van der Waals surface area (Å²) in [7, 11) is -5.10. The van der Waals surface area contributed by atoms with Gasteiger partial charge in [-0.3, -0.25) is 33.3 Å². The fourth-order valence-electron chi connectivity index (χ4n) is 6.45. The van der Waals surface area contributed by atoms with Gasteiger partial charge < -0.3 is 56.5 Å². The van der Waals surface area contributed by atoms with E-state index in [1.54, 1.807) is 0 Å². The van der Waals surface area contributed by atoms with Crippen molar-refractivity contribution in [3.05, 3.63) is 54.1 Å². The number of rotatable bonds is 31. The Balaban J connectivity index is 2.14. The van der Waals surface area contributed by atoms with E-state index >= 15 is 0 Å². The summed E-state index contributed by atoms with van der Waals surface area (Å²) in [5, 5.41) is 19.8. The molecule has 1 aromatic carbocycles. The van der Waals surface area contributed by atoms with E-state index in [0.29, 0.717) is 18.7 Å². The van der Waals surface area contributed by atoms with Gasteiger partial charge in [-0.15, -0.1) is 0 Å². The Hall–Kier alpha value is -4.72. The summed E-state index contributed by atoms with van der Waals surface area (Å²) in [6.45, 7) is 7.67. The maximum atomic E-state index is 13.9. The van der Waals surface area contributed by atoms with Gasteiger partial charge in [0.1, 0.15) is 24.2 Å². The normalized spacial score (nSPS) is 14.0. The van der Waals surface area contributed by atoms with Crippen LogP contribution in [-0.4, -0.2) is 128 Å². The average molecular weight is 895 g/mol. The number of phosphoric ester groups is 1. The lowest BCUT2D eigenvalue weighted by molar-refractivity contribution is -0.138. The monoisotopic (exact) mass is 894 g/mol. The third-order valence-electron chi connectivity index (χ3n) is 9.60. The smallest absolute Gasteiger partial charge is 0.394 e. The molecule has 2 aromatic rings. The molecular weight excluding hydrogens is 827 g/mol. The van der Waals surface area contributed by atoms with Crippen LogP contribution in [0.5, 0.6) is 0 Å². The third-order valence-corrected chi connectivity index (χ3v) is 10.2. The Bertz CT molecular complexity index is 1730. The summed E-state index contributed by atoms with van der Waals surface area (Å²) < 4.78 is 21.4. The number of carbonyl (C=O) groups excluding carboxylic acids is 6. The third kappa shape index (κ3) is 21.9. The molecule has 6 amide bonds. The van der Waals surface area contributed by atoms with Gasteiger partial charge in [0.05, 0.1) is 44.7 Å². The van der Waals surface area contributed by atoms with Gasteiger partial charge in [-0.1, -0.05) is 69.9 Å². The average Bonchev–Trinajstić information content (AvgIpc) is 3.71. The van der Waals surface area contributed by atoms with E-state index in [0.717, 1.165) is 45.4 Å². The van der Waals surface area contributed by atoms with Crippen LogP contribution in [0.4, 0.5) is 0 Å². The number of hydrogen-bond donors (Lipinski definition) is 9. The van der Waals surface area contributed by atoms with Crippen LogP contribution in [0, 0.1) is 5.92 Å². The number of aromatic amines is 1. The number of nitrogens with one attached hydrogen (secondary N) is 5. The van der Waals surface area contributed by atoms with Gasteiger partial charge in [0, 0.05) is 24.9 Å². The number of aryl methyl sites for hydroxylation is 1. The Kier molecular flexibility index (Phi) is 24.2. The SMILES string of the molecule is CC(C)C[C@H](NC(=O)CN(CCCCCCCCc1ccccc1)C(=O)CCOC(C)C)C(=O)N[C@@H](Cc1cnc[nH]1)C(=O)N[C@@H](CO)C(=O)N[C@H](C(N)=O)[C@@H](C)OP(=O)(O)O. The molecule has 0 bridgehead atoms. The number of phosphoric acid groups is 1. The summed E-state index contributed by atoms with van der Waals surface area (Å²) in [6.07, 6.45) is 7.89. The summed E-state index contributed by atoms with van der Waals surface area (Å²) in [6, 6.07) is 4.26. The number of ether oxygens (including phenoxy) is 1. The minimum absolute atomic E-state index is 0.0709. The largest absolute Gasteiger partial charge is 0.469 e. The molecule has 0 aliphatic heterocycles. The molecule has 62 heavy (non-hydrogen) atoms. The van der Waals surface area contributed by atoms with Gasteiger partial charge in [-0.25, -0.2) is 9.55 Å². The molecule has 21 heteroatoms. The Morgan fingerprint density at radius 2 is 1.45 bits per heavy atom. The second-order valence-electron chi connectivity index (χ2n) is 15.9. The highest BCUT2D eigenvalue weighted by Gasteiger charge is 2.35. The minimum Gasteiger partial charge on any atom is -0.394 e. The quantitative estimate of drug-likeness (QED) is 0.0380. The number of aliphatic hydroxyl groups is 1. The maximum absolute atomic E-state index is 13.9. The summed E-state index contributed by atoms with van der Waals surface area (Å²) >= 11 is 0. The molecule has 10 N–H and O–H groups in total. The van der Waals surface area contributed by atoms with E-state index in [2.05, 4.69) is 47.9 Å². The van der Waals surface area contributed by atoms with Crippen LogP contribution < -0.4 is 27.0 Å². The molecule has 1 aromatic heterocycles. The van der Waals surface area contributed by atoms with Crippen LogP contribution >= 0.6 is 7.82 Å². The first kappa shape index (κ1) is 53.4.